The number of aromatic nitrogens is 1. The van der Waals surface area contributed by atoms with Crippen LogP contribution in [0, 0.1) is 0 Å². The molecule has 10 nitrogen and oxygen atoms in total. The monoisotopic (exact) mass is 528 g/mol. The Morgan fingerprint density at radius 1 is 1.03 bits per heavy atom. The molecule has 2 N–H and O–H groups in total. The van der Waals surface area contributed by atoms with Gasteiger partial charge in [-0.3, -0.25) is 14.6 Å². The quantitative estimate of drug-likeness (QED) is 0.509. The number of rotatable bonds is 6. The van der Waals surface area contributed by atoms with E-state index in [9.17, 15) is 19.5 Å². The van der Waals surface area contributed by atoms with Crippen LogP contribution in [0.2, 0.25) is 0 Å². The number of benzene rings is 2. The first-order valence-corrected chi connectivity index (χ1v) is 12.9. The fourth-order valence-electron chi connectivity index (χ4n) is 5.29. The molecule has 0 spiro atoms. The van der Waals surface area contributed by atoms with Gasteiger partial charge in [0.1, 0.15) is 18.0 Å². The van der Waals surface area contributed by atoms with Crippen molar-refractivity contribution < 1.29 is 19.5 Å². The molecule has 1 aromatic heterocycles. The number of carbonyl (C=O) groups excluding carboxylic acids is 3. The minimum Gasteiger partial charge on any atom is -0.508 e. The van der Waals surface area contributed by atoms with Crippen molar-refractivity contribution in [2.45, 2.75) is 38.1 Å². The first-order chi connectivity index (χ1) is 18.8. The number of nitrogens with one attached hydrogen (secondary N) is 1. The lowest BCUT2D eigenvalue weighted by atomic mass is 9.98. The first-order valence-electron chi connectivity index (χ1n) is 12.9. The SMILES string of the molecule is C[C@H](NC(=O)N1C2CN(Cc3ccncc3)C(=O)[C@H](Cc3ccc(O)cc3)N2C(=O)CN1C)c1ccccc1. The molecule has 0 saturated carbocycles. The van der Waals surface area contributed by atoms with Crippen molar-refractivity contribution in [3.05, 3.63) is 95.8 Å². The molecular formula is C29H32N6O4. The van der Waals surface area contributed by atoms with Crippen LogP contribution in [0.5, 0.6) is 5.75 Å². The average molecular weight is 529 g/mol. The van der Waals surface area contributed by atoms with Crippen LogP contribution >= 0.6 is 0 Å². The molecular weight excluding hydrogens is 496 g/mol. The molecule has 39 heavy (non-hydrogen) atoms. The minimum atomic E-state index is -0.807. The van der Waals surface area contributed by atoms with Crippen LogP contribution < -0.4 is 5.32 Å². The highest BCUT2D eigenvalue weighted by Crippen LogP contribution is 2.29. The summed E-state index contributed by atoms with van der Waals surface area (Å²) in [5, 5.41) is 16.0. The van der Waals surface area contributed by atoms with Crippen LogP contribution in [0.25, 0.3) is 0 Å². The van der Waals surface area contributed by atoms with E-state index >= 15 is 0 Å². The molecule has 3 aromatic rings. The molecule has 10 heteroatoms. The zero-order chi connectivity index (χ0) is 27.5. The summed E-state index contributed by atoms with van der Waals surface area (Å²) in [4.78, 5) is 48.3. The van der Waals surface area contributed by atoms with Crippen LogP contribution in [0.3, 0.4) is 0 Å². The number of aromatic hydroxyl groups is 1. The van der Waals surface area contributed by atoms with E-state index in [1.54, 1.807) is 63.5 Å². The molecule has 2 aliphatic rings. The highest BCUT2D eigenvalue weighted by Gasteiger charge is 2.50. The maximum absolute atomic E-state index is 13.9. The van der Waals surface area contributed by atoms with E-state index in [0.717, 1.165) is 16.7 Å². The maximum atomic E-state index is 13.9. The molecule has 2 aromatic carbocycles. The smallest absolute Gasteiger partial charge is 0.334 e. The third-order valence-electron chi connectivity index (χ3n) is 7.28. The third-order valence-corrected chi connectivity index (χ3v) is 7.28. The van der Waals surface area contributed by atoms with Gasteiger partial charge in [-0.25, -0.2) is 14.8 Å². The van der Waals surface area contributed by atoms with Gasteiger partial charge in [0, 0.05) is 32.4 Å². The predicted octanol–water partition coefficient (Wildman–Crippen LogP) is 2.53. The summed E-state index contributed by atoms with van der Waals surface area (Å²) in [6, 6.07) is 18.5. The van der Waals surface area contributed by atoms with E-state index in [1.165, 1.54) is 0 Å². The Kier molecular flexibility index (Phi) is 7.47. The van der Waals surface area contributed by atoms with Crippen molar-refractivity contribution in [2.75, 3.05) is 20.1 Å². The van der Waals surface area contributed by atoms with Gasteiger partial charge >= 0.3 is 6.03 Å². The summed E-state index contributed by atoms with van der Waals surface area (Å²) in [5.41, 5.74) is 2.66. The van der Waals surface area contributed by atoms with Crippen molar-refractivity contribution in [1.29, 1.82) is 0 Å². The van der Waals surface area contributed by atoms with Gasteiger partial charge in [0.15, 0.2) is 0 Å². The summed E-state index contributed by atoms with van der Waals surface area (Å²) in [6.45, 7) is 2.36. The van der Waals surface area contributed by atoms with Gasteiger partial charge in [0.05, 0.1) is 19.1 Å². The summed E-state index contributed by atoms with van der Waals surface area (Å²) in [6.07, 6.45) is 2.91. The van der Waals surface area contributed by atoms with Crippen LogP contribution in [0.1, 0.15) is 29.7 Å². The second-order valence-corrected chi connectivity index (χ2v) is 9.98. The second-order valence-electron chi connectivity index (χ2n) is 9.98. The van der Waals surface area contributed by atoms with Crippen molar-refractivity contribution in [3.63, 3.8) is 0 Å². The molecule has 4 amide bonds. The van der Waals surface area contributed by atoms with E-state index in [4.69, 9.17) is 0 Å². The highest BCUT2D eigenvalue weighted by molar-refractivity contribution is 5.91. The van der Waals surface area contributed by atoms with Gasteiger partial charge in [0.2, 0.25) is 11.8 Å². The number of likely N-dealkylation sites (N-methyl/N-ethyl adjacent to an activating group) is 1. The van der Waals surface area contributed by atoms with E-state index < -0.39 is 12.2 Å². The Labute approximate surface area is 227 Å². The molecule has 2 saturated heterocycles. The number of hydrogen-bond donors (Lipinski definition) is 2. The first kappa shape index (κ1) is 26.2. The summed E-state index contributed by atoms with van der Waals surface area (Å²) in [5.74, 6) is -0.285. The molecule has 202 valence electrons. The van der Waals surface area contributed by atoms with Crippen molar-refractivity contribution >= 4 is 17.8 Å². The lowest BCUT2D eigenvalue weighted by Gasteiger charge is -2.54. The number of hydrogen-bond acceptors (Lipinski definition) is 6. The number of phenols is 1. The number of hydrazine groups is 1. The predicted molar refractivity (Wildman–Crippen MR) is 144 cm³/mol. The van der Waals surface area contributed by atoms with Crippen molar-refractivity contribution in [2.24, 2.45) is 0 Å². The van der Waals surface area contributed by atoms with Crippen LogP contribution in [-0.2, 0) is 22.6 Å². The molecule has 3 heterocycles. The Balaban J connectivity index is 1.47. The second kappa shape index (κ2) is 11.1. The van der Waals surface area contributed by atoms with Crippen LogP contribution in [0.4, 0.5) is 4.79 Å². The molecule has 1 unspecified atom stereocenters. The number of carbonyl (C=O) groups is 3. The van der Waals surface area contributed by atoms with Gasteiger partial charge in [-0.05, 0) is 47.9 Å². The zero-order valence-electron chi connectivity index (χ0n) is 22.0. The Bertz CT molecular complexity index is 1320. The fourth-order valence-corrected chi connectivity index (χ4v) is 5.29. The van der Waals surface area contributed by atoms with E-state index in [-0.39, 0.29) is 49.1 Å². The zero-order valence-corrected chi connectivity index (χ0v) is 22.0. The van der Waals surface area contributed by atoms with Gasteiger partial charge in [-0.2, -0.15) is 0 Å². The number of urea groups is 1. The van der Waals surface area contributed by atoms with Crippen LogP contribution in [0.15, 0.2) is 79.1 Å². The number of piperazine rings is 1. The summed E-state index contributed by atoms with van der Waals surface area (Å²) in [7, 11) is 1.71. The Morgan fingerprint density at radius 2 is 1.72 bits per heavy atom. The number of phenolic OH excluding ortho intramolecular Hbond substituents is 1. The molecule has 2 fully saturated rings. The minimum absolute atomic E-state index is 0.0344. The standard InChI is InChI=1S/C29H32N6O4/c1-20(23-6-4-3-5-7-23)31-29(39)35-26-18-33(17-22-12-14-30-15-13-22)28(38)25(34(26)27(37)19-32(35)2)16-21-8-10-24(36)11-9-21/h3-15,20,25-26,36H,16-19H2,1-2H3,(H,31,39)/t20-,25-,26?/m0/s1. The summed E-state index contributed by atoms with van der Waals surface area (Å²) < 4.78 is 0. The number of fused-ring (bicyclic) bond motifs is 1. The number of pyridine rings is 1. The maximum Gasteiger partial charge on any atom is 0.334 e. The van der Waals surface area contributed by atoms with E-state index in [1.807, 2.05) is 49.4 Å². The van der Waals surface area contributed by atoms with Gasteiger partial charge in [-0.15, -0.1) is 0 Å². The fraction of sp³-hybridized carbons (Fsp3) is 0.310. The van der Waals surface area contributed by atoms with Gasteiger partial charge in [0.25, 0.3) is 0 Å². The third kappa shape index (κ3) is 5.56. The van der Waals surface area contributed by atoms with E-state index in [2.05, 4.69) is 10.3 Å². The number of amides is 4. The van der Waals surface area contributed by atoms with Gasteiger partial charge < -0.3 is 20.2 Å². The van der Waals surface area contributed by atoms with Crippen molar-refractivity contribution in [3.8, 4) is 5.75 Å². The normalized spacial score (nSPS) is 20.5. The van der Waals surface area contributed by atoms with Crippen molar-refractivity contribution in [1.82, 2.24) is 30.1 Å². The molecule has 2 aliphatic heterocycles. The Hall–Kier alpha value is -4.44. The lowest BCUT2D eigenvalue weighted by Crippen LogP contribution is -2.76. The average Bonchev–Trinajstić information content (AvgIpc) is 2.93. The molecule has 0 bridgehead atoms. The Morgan fingerprint density at radius 3 is 2.41 bits per heavy atom. The molecule has 0 aliphatic carbocycles. The topological polar surface area (TPSA) is 109 Å². The highest BCUT2D eigenvalue weighted by atomic mass is 16.3. The largest absolute Gasteiger partial charge is 0.508 e. The summed E-state index contributed by atoms with van der Waals surface area (Å²) >= 11 is 0. The molecule has 5 rings (SSSR count). The van der Waals surface area contributed by atoms with Gasteiger partial charge in [-0.1, -0.05) is 42.5 Å². The van der Waals surface area contributed by atoms with E-state index in [0.29, 0.717) is 6.54 Å². The van der Waals surface area contributed by atoms with Crippen LogP contribution in [-0.4, -0.2) is 80.1 Å². The molecule has 3 atom stereocenters. The number of nitrogens with zero attached hydrogens (tertiary/aromatic N) is 5. The molecule has 0 radical (unpaired) electrons. The lowest BCUT2D eigenvalue weighted by molar-refractivity contribution is -0.187.